The summed E-state index contributed by atoms with van der Waals surface area (Å²) < 4.78 is 0. The van der Waals surface area contributed by atoms with E-state index < -0.39 is 0 Å². The highest BCUT2D eigenvalue weighted by atomic mass is 35.5. The number of fused-ring (bicyclic) bond motifs is 1. The molecule has 1 aromatic heterocycles. The number of amides is 1. The maximum Gasteiger partial charge on any atom is 0.269 e. The fourth-order valence-corrected chi connectivity index (χ4v) is 2.81. The summed E-state index contributed by atoms with van der Waals surface area (Å²) in [5, 5.41) is 7.93. The normalized spacial score (nSPS) is 17.0. The Morgan fingerprint density at radius 3 is 2.83 bits per heavy atom. The number of benzene rings is 1. The molecule has 2 aromatic rings. The summed E-state index contributed by atoms with van der Waals surface area (Å²) in [5.74, 6) is 0.389. The molecule has 0 spiro atoms. The van der Waals surface area contributed by atoms with Crippen LogP contribution in [0.2, 0.25) is 5.02 Å². The zero-order chi connectivity index (χ0) is 14.7. The molecule has 1 aliphatic heterocycles. The molecule has 0 radical (unpaired) electrons. The van der Waals surface area contributed by atoms with Crippen molar-refractivity contribution in [3.63, 3.8) is 0 Å². The molecular formula is C16H20Cl3N3O. The van der Waals surface area contributed by atoms with Gasteiger partial charge in [-0.2, -0.15) is 0 Å². The highest BCUT2D eigenvalue weighted by Crippen LogP contribution is 2.18. The molecule has 0 aliphatic carbocycles. The smallest absolute Gasteiger partial charge is 0.269 e. The average molecular weight is 377 g/mol. The Bertz CT molecular complexity index is 660. The lowest BCUT2D eigenvalue weighted by atomic mass is 10.00. The number of piperidine rings is 1. The van der Waals surface area contributed by atoms with Gasteiger partial charge in [-0.05, 0) is 50.0 Å². The molecule has 1 fully saturated rings. The van der Waals surface area contributed by atoms with E-state index in [1.165, 1.54) is 6.42 Å². The lowest BCUT2D eigenvalue weighted by Crippen LogP contribution is -2.38. The Balaban J connectivity index is 0.00000132. The third-order valence-corrected chi connectivity index (χ3v) is 4.07. The Morgan fingerprint density at radius 2 is 2.09 bits per heavy atom. The molecule has 7 heteroatoms. The molecule has 0 bridgehead atoms. The van der Waals surface area contributed by atoms with E-state index in [-0.39, 0.29) is 30.7 Å². The number of rotatable bonds is 3. The van der Waals surface area contributed by atoms with E-state index in [0.29, 0.717) is 23.2 Å². The van der Waals surface area contributed by atoms with Gasteiger partial charge in [0.1, 0.15) is 5.69 Å². The third-order valence-electron chi connectivity index (χ3n) is 3.84. The predicted molar refractivity (Wildman–Crippen MR) is 99.2 cm³/mol. The van der Waals surface area contributed by atoms with E-state index in [0.717, 1.165) is 30.4 Å². The first-order valence-corrected chi connectivity index (χ1v) is 7.65. The summed E-state index contributed by atoms with van der Waals surface area (Å²) in [4.78, 5) is 16.6. The number of nitrogens with one attached hydrogen (secondary N) is 2. The predicted octanol–water partition coefficient (Wildman–Crippen LogP) is 3.46. The van der Waals surface area contributed by atoms with Gasteiger partial charge in [0, 0.05) is 17.0 Å². The number of hydrogen-bond acceptors (Lipinski definition) is 3. The molecule has 1 aliphatic rings. The van der Waals surface area contributed by atoms with Crippen molar-refractivity contribution < 1.29 is 4.79 Å². The first kappa shape index (κ1) is 20.0. The van der Waals surface area contributed by atoms with E-state index >= 15 is 0 Å². The number of aromatic nitrogens is 1. The largest absolute Gasteiger partial charge is 0.350 e. The quantitative estimate of drug-likeness (QED) is 0.862. The Hall–Kier alpha value is -1.07. The van der Waals surface area contributed by atoms with Crippen LogP contribution in [0.4, 0.5) is 0 Å². The van der Waals surface area contributed by atoms with Gasteiger partial charge in [-0.3, -0.25) is 4.79 Å². The lowest BCUT2D eigenvalue weighted by Gasteiger charge is -2.22. The molecule has 0 saturated carbocycles. The molecule has 3 rings (SSSR count). The summed E-state index contributed by atoms with van der Waals surface area (Å²) in [7, 11) is 0. The number of carbonyl (C=O) groups excluding carboxylic acids is 1. The van der Waals surface area contributed by atoms with E-state index in [1.807, 2.05) is 18.2 Å². The van der Waals surface area contributed by atoms with Crippen molar-refractivity contribution in [1.29, 1.82) is 0 Å². The van der Waals surface area contributed by atoms with Crippen molar-refractivity contribution >= 4 is 53.2 Å². The molecule has 4 nitrogen and oxygen atoms in total. The van der Waals surface area contributed by atoms with Crippen LogP contribution >= 0.6 is 36.4 Å². The van der Waals surface area contributed by atoms with Crippen molar-refractivity contribution in [3.05, 3.63) is 41.0 Å². The standard InChI is InChI=1S/C16H18ClN3O.2ClH/c17-13-5-3-12-4-6-14(20-15(12)8-13)16(21)19-10-11-2-1-7-18-9-11;;/h3-6,8,11,18H,1-2,7,9-10H2,(H,19,21);2*1H. The molecule has 23 heavy (non-hydrogen) atoms. The maximum atomic E-state index is 12.2. The SMILES string of the molecule is Cl.Cl.O=C(NCC1CCCNC1)c1ccc2ccc(Cl)cc2n1. The molecule has 1 saturated heterocycles. The molecule has 2 N–H and O–H groups in total. The van der Waals surface area contributed by atoms with Gasteiger partial charge < -0.3 is 10.6 Å². The number of nitrogens with zero attached hydrogens (tertiary/aromatic N) is 1. The van der Waals surface area contributed by atoms with Crippen molar-refractivity contribution in [1.82, 2.24) is 15.6 Å². The minimum atomic E-state index is -0.123. The third kappa shape index (κ3) is 5.21. The first-order valence-electron chi connectivity index (χ1n) is 7.27. The number of carbonyl (C=O) groups is 1. The summed E-state index contributed by atoms with van der Waals surface area (Å²) in [6.07, 6.45) is 2.33. The fraction of sp³-hybridized carbons (Fsp3) is 0.375. The molecule has 1 aromatic carbocycles. The van der Waals surface area contributed by atoms with Crippen LogP contribution in [0.15, 0.2) is 30.3 Å². The van der Waals surface area contributed by atoms with E-state index in [4.69, 9.17) is 11.6 Å². The molecule has 1 atom stereocenters. The first-order chi connectivity index (χ1) is 10.2. The van der Waals surface area contributed by atoms with Crippen LogP contribution in [0.5, 0.6) is 0 Å². The van der Waals surface area contributed by atoms with Crippen LogP contribution in [0.25, 0.3) is 10.9 Å². The van der Waals surface area contributed by atoms with Crippen molar-refractivity contribution in [2.75, 3.05) is 19.6 Å². The average Bonchev–Trinajstić information content (AvgIpc) is 2.53. The van der Waals surface area contributed by atoms with Gasteiger partial charge in [0.15, 0.2) is 0 Å². The van der Waals surface area contributed by atoms with E-state index in [2.05, 4.69) is 15.6 Å². The summed E-state index contributed by atoms with van der Waals surface area (Å²) >= 11 is 5.97. The van der Waals surface area contributed by atoms with Crippen LogP contribution < -0.4 is 10.6 Å². The highest BCUT2D eigenvalue weighted by molar-refractivity contribution is 6.31. The van der Waals surface area contributed by atoms with Crippen molar-refractivity contribution in [2.24, 2.45) is 5.92 Å². The monoisotopic (exact) mass is 375 g/mol. The molecule has 1 amide bonds. The maximum absolute atomic E-state index is 12.2. The summed E-state index contributed by atoms with van der Waals surface area (Å²) in [6, 6.07) is 9.15. The summed E-state index contributed by atoms with van der Waals surface area (Å²) in [5.41, 5.74) is 1.18. The van der Waals surface area contributed by atoms with Gasteiger partial charge in [-0.15, -0.1) is 24.8 Å². The zero-order valence-electron chi connectivity index (χ0n) is 12.5. The number of pyridine rings is 1. The fourth-order valence-electron chi connectivity index (χ4n) is 2.64. The molecular weight excluding hydrogens is 357 g/mol. The molecule has 1 unspecified atom stereocenters. The lowest BCUT2D eigenvalue weighted by molar-refractivity contribution is 0.0940. The van der Waals surface area contributed by atoms with Crippen molar-refractivity contribution in [2.45, 2.75) is 12.8 Å². The second kappa shape index (κ2) is 9.28. The minimum absolute atomic E-state index is 0. The van der Waals surface area contributed by atoms with Gasteiger partial charge >= 0.3 is 0 Å². The topological polar surface area (TPSA) is 54.0 Å². The van der Waals surface area contributed by atoms with Gasteiger partial charge in [-0.1, -0.05) is 23.7 Å². The van der Waals surface area contributed by atoms with Crippen LogP contribution in [-0.2, 0) is 0 Å². The number of halogens is 3. The van der Waals surface area contributed by atoms with Crippen LogP contribution in [0.3, 0.4) is 0 Å². The van der Waals surface area contributed by atoms with E-state index in [1.54, 1.807) is 12.1 Å². The number of hydrogen-bond donors (Lipinski definition) is 2. The zero-order valence-corrected chi connectivity index (χ0v) is 14.9. The second-order valence-corrected chi connectivity index (χ2v) is 5.89. The minimum Gasteiger partial charge on any atom is -0.350 e. The van der Waals surface area contributed by atoms with Crippen LogP contribution in [0, 0.1) is 5.92 Å². The summed E-state index contributed by atoms with van der Waals surface area (Å²) in [6.45, 7) is 2.75. The van der Waals surface area contributed by atoms with Gasteiger partial charge in [0.25, 0.3) is 5.91 Å². The van der Waals surface area contributed by atoms with Gasteiger partial charge in [-0.25, -0.2) is 4.98 Å². The van der Waals surface area contributed by atoms with Crippen molar-refractivity contribution in [3.8, 4) is 0 Å². The Morgan fingerprint density at radius 1 is 1.30 bits per heavy atom. The second-order valence-electron chi connectivity index (χ2n) is 5.46. The molecule has 2 heterocycles. The van der Waals surface area contributed by atoms with E-state index in [9.17, 15) is 4.79 Å². The highest BCUT2D eigenvalue weighted by Gasteiger charge is 2.15. The molecule has 126 valence electrons. The van der Waals surface area contributed by atoms with Crippen LogP contribution in [0.1, 0.15) is 23.3 Å². The van der Waals surface area contributed by atoms with Gasteiger partial charge in [0.2, 0.25) is 0 Å². The van der Waals surface area contributed by atoms with Crippen LogP contribution in [-0.4, -0.2) is 30.5 Å². The van der Waals surface area contributed by atoms with Gasteiger partial charge in [0.05, 0.1) is 5.52 Å². The Kier molecular flexibility index (Phi) is 8.06. The Labute approximate surface area is 153 Å².